The van der Waals surface area contributed by atoms with Crippen LogP contribution in [0.25, 0.3) is 86.6 Å². The molecule has 282 valence electrons. The van der Waals surface area contributed by atoms with Gasteiger partial charge in [-0.15, -0.1) is 11.3 Å². The molecule has 0 radical (unpaired) electrons. The number of fused-ring (bicyclic) bond motifs is 4. The van der Waals surface area contributed by atoms with Gasteiger partial charge < -0.3 is 4.90 Å². The first-order valence-corrected chi connectivity index (χ1v) is 21.3. The van der Waals surface area contributed by atoms with Gasteiger partial charge >= 0.3 is 0 Å². The number of anilines is 3. The van der Waals surface area contributed by atoms with Crippen LogP contribution in [-0.4, -0.2) is 0 Å². The summed E-state index contributed by atoms with van der Waals surface area (Å²) in [5, 5.41) is 5.04. The second-order valence-corrected chi connectivity index (χ2v) is 16.3. The Bertz CT molecular complexity index is 3290. The molecule has 11 rings (SSSR count). The van der Waals surface area contributed by atoms with Gasteiger partial charge in [-0.2, -0.15) is 0 Å². The summed E-state index contributed by atoms with van der Waals surface area (Å²) in [6.07, 6.45) is 0. The minimum atomic E-state index is 1.10. The molecule has 0 saturated carbocycles. The van der Waals surface area contributed by atoms with Crippen molar-refractivity contribution in [3.8, 4) is 55.6 Å². The van der Waals surface area contributed by atoms with Crippen molar-refractivity contribution in [3.63, 3.8) is 0 Å². The second-order valence-electron chi connectivity index (χ2n) is 15.3. The zero-order chi connectivity index (χ0) is 39.8. The molecule has 10 aromatic carbocycles. The van der Waals surface area contributed by atoms with Gasteiger partial charge in [0.15, 0.2) is 0 Å². The van der Waals surface area contributed by atoms with Gasteiger partial charge in [-0.25, -0.2) is 0 Å². The molecule has 0 N–H and O–H groups in total. The molecule has 60 heavy (non-hydrogen) atoms. The molecule has 0 spiro atoms. The van der Waals surface area contributed by atoms with E-state index in [9.17, 15) is 0 Å². The van der Waals surface area contributed by atoms with Gasteiger partial charge in [0.2, 0.25) is 0 Å². The first-order chi connectivity index (χ1) is 29.8. The lowest BCUT2D eigenvalue weighted by Crippen LogP contribution is -2.10. The SMILES string of the molecule is c1ccc(-c2ccc3cccc(-c4cccc(N(c5ccc(-c6ccccc6-c6ccccc6)cc5)c5cccc6c5sc5cccc(-c7ccccc7)c56)c4)c3c2)cc1. The van der Waals surface area contributed by atoms with Crippen molar-refractivity contribution in [2.75, 3.05) is 4.90 Å². The monoisotopic (exact) mass is 781 g/mol. The topological polar surface area (TPSA) is 3.24 Å². The van der Waals surface area contributed by atoms with Crippen molar-refractivity contribution in [2.24, 2.45) is 0 Å². The fourth-order valence-electron chi connectivity index (χ4n) is 8.84. The summed E-state index contributed by atoms with van der Waals surface area (Å²) in [5.74, 6) is 0. The number of hydrogen-bond acceptors (Lipinski definition) is 2. The predicted molar refractivity (Wildman–Crippen MR) is 259 cm³/mol. The molecule has 0 fully saturated rings. The molecule has 0 atom stereocenters. The molecular weight excluding hydrogens is 743 g/mol. The van der Waals surface area contributed by atoms with E-state index in [1.165, 1.54) is 86.6 Å². The summed E-state index contributed by atoms with van der Waals surface area (Å²) in [6.45, 7) is 0. The lowest BCUT2D eigenvalue weighted by atomic mass is 9.94. The lowest BCUT2D eigenvalue weighted by Gasteiger charge is -2.27. The number of nitrogens with zero attached hydrogens (tertiary/aromatic N) is 1. The molecular formula is C58H39NS. The van der Waals surface area contributed by atoms with Gasteiger partial charge in [-0.1, -0.05) is 194 Å². The van der Waals surface area contributed by atoms with Crippen LogP contribution < -0.4 is 4.90 Å². The van der Waals surface area contributed by atoms with E-state index in [0.717, 1.165) is 17.1 Å². The van der Waals surface area contributed by atoms with Crippen LogP contribution in [0.3, 0.4) is 0 Å². The summed E-state index contributed by atoms with van der Waals surface area (Å²) in [6, 6.07) is 86.1. The van der Waals surface area contributed by atoms with Crippen molar-refractivity contribution in [2.45, 2.75) is 0 Å². The van der Waals surface area contributed by atoms with Crippen LogP contribution >= 0.6 is 11.3 Å². The maximum absolute atomic E-state index is 2.46. The van der Waals surface area contributed by atoms with Crippen LogP contribution in [0.2, 0.25) is 0 Å². The average molecular weight is 782 g/mol. The van der Waals surface area contributed by atoms with Crippen LogP contribution in [0.4, 0.5) is 17.1 Å². The van der Waals surface area contributed by atoms with E-state index in [4.69, 9.17) is 0 Å². The third-order valence-electron chi connectivity index (χ3n) is 11.7. The van der Waals surface area contributed by atoms with Gasteiger partial charge in [-0.3, -0.25) is 0 Å². The molecule has 2 heteroatoms. The molecule has 0 saturated heterocycles. The Morgan fingerprint density at radius 2 is 0.850 bits per heavy atom. The Kier molecular flexibility index (Phi) is 9.11. The summed E-state index contributed by atoms with van der Waals surface area (Å²) in [5.41, 5.74) is 15.5. The normalized spacial score (nSPS) is 11.3. The maximum Gasteiger partial charge on any atom is 0.0640 e. The van der Waals surface area contributed by atoms with Crippen molar-refractivity contribution in [1.82, 2.24) is 0 Å². The molecule has 1 aromatic heterocycles. The molecule has 11 aromatic rings. The van der Waals surface area contributed by atoms with Crippen molar-refractivity contribution in [1.29, 1.82) is 0 Å². The Morgan fingerprint density at radius 1 is 0.300 bits per heavy atom. The zero-order valence-corrected chi connectivity index (χ0v) is 33.7. The van der Waals surface area contributed by atoms with Gasteiger partial charge in [-0.05, 0) is 109 Å². The highest BCUT2D eigenvalue weighted by Crippen LogP contribution is 2.48. The highest BCUT2D eigenvalue weighted by molar-refractivity contribution is 7.26. The number of hydrogen-bond donors (Lipinski definition) is 0. The molecule has 0 unspecified atom stereocenters. The number of rotatable bonds is 8. The van der Waals surface area contributed by atoms with E-state index in [0.29, 0.717) is 0 Å². The van der Waals surface area contributed by atoms with Gasteiger partial charge in [0.25, 0.3) is 0 Å². The van der Waals surface area contributed by atoms with Crippen molar-refractivity contribution < 1.29 is 0 Å². The minimum Gasteiger partial charge on any atom is -0.309 e. The van der Waals surface area contributed by atoms with E-state index < -0.39 is 0 Å². The third-order valence-corrected chi connectivity index (χ3v) is 12.9. The molecule has 0 aliphatic rings. The van der Waals surface area contributed by atoms with E-state index in [1.54, 1.807) is 0 Å². The first kappa shape index (κ1) is 35.6. The smallest absolute Gasteiger partial charge is 0.0640 e. The zero-order valence-electron chi connectivity index (χ0n) is 32.9. The average Bonchev–Trinajstić information content (AvgIpc) is 3.72. The summed E-state index contributed by atoms with van der Waals surface area (Å²) in [7, 11) is 0. The van der Waals surface area contributed by atoms with Crippen molar-refractivity contribution >= 4 is 59.3 Å². The van der Waals surface area contributed by atoms with Gasteiger partial charge in [0, 0.05) is 26.8 Å². The maximum atomic E-state index is 2.46. The first-order valence-electron chi connectivity index (χ1n) is 20.5. The molecule has 0 aliphatic carbocycles. The van der Waals surface area contributed by atoms with Gasteiger partial charge in [0.1, 0.15) is 0 Å². The predicted octanol–water partition coefficient (Wildman–Crippen LogP) is 17.0. The quantitative estimate of drug-likeness (QED) is 0.148. The standard InChI is InChI=1S/C58H39NS/c1-4-16-40(17-5-1)45-33-32-43-22-13-27-51(54(43)39-45)46-23-12-24-48(38-46)59(47-36-34-44(35-37-47)50-26-11-10-25-49(50)41-18-6-2-7-19-41)55-30-14-29-53-57-52(42-20-8-3-9-21-42)28-15-31-56(57)60-58(53)55/h1-39H. The Labute approximate surface area is 354 Å². The van der Waals surface area contributed by atoms with E-state index >= 15 is 0 Å². The molecule has 0 aliphatic heterocycles. The fourth-order valence-corrected chi connectivity index (χ4v) is 10.1. The highest BCUT2D eigenvalue weighted by Gasteiger charge is 2.21. The third kappa shape index (κ3) is 6.44. The van der Waals surface area contributed by atoms with E-state index in [2.05, 4.69) is 241 Å². The lowest BCUT2D eigenvalue weighted by molar-refractivity contribution is 1.30. The Hall–Kier alpha value is -7.52. The van der Waals surface area contributed by atoms with E-state index in [-0.39, 0.29) is 0 Å². The second kappa shape index (κ2) is 15.3. The molecule has 0 bridgehead atoms. The largest absolute Gasteiger partial charge is 0.309 e. The van der Waals surface area contributed by atoms with Crippen LogP contribution in [0.1, 0.15) is 0 Å². The number of thiophene rings is 1. The fraction of sp³-hybridized carbons (Fsp3) is 0. The Balaban J connectivity index is 1.09. The minimum absolute atomic E-state index is 1.10. The van der Waals surface area contributed by atoms with Crippen molar-refractivity contribution in [3.05, 3.63) is 237 Å². The van der Waals surface area contributed by atoms with E-state index in [1.807, 2.05) is 11.3 Å². The van der Waals surface area contributed by atoms with Crippen LogP contribution in [0.15, 0.2) is 237 Å². The summed E-state index contributed by atoms with van der Waals surface area (Å²) in [4.78, 5) is 2.46. The van der Waals surface area contributed by atoms with Crippen LogP contribution in [0.5, 0.6) is 0 Å². The molecule has 1 heterocycles. The number of benzene rings is 10. The Morgan fingerprint density at radius 3 is 1.58 bits per heavy atom. The van der Waals surface area contributed by atoms with Crippen LogP contribution in [0, 0.1) is 0 Å². The van der Waals surface area contributed by atoms with Crippen LogP contribution in [-0.2, 0) is 0 Å². The van der Waals surface area contributed by atoms with Gasteiger partial charge in [0.05, 0.1) is 10.4 Å². The summed E-state index contributed by atoms with van der Waals surface area (Å²) >= 11 is 1.87. The molecule has 0 amide bonds. The summed E-state index contributed by atoms with van der Waals surface area (Å²) < 4.78 is 2.54. The molecule has 1 nitrogen and oxygen atoms in total. The highest BCUT2D eigenvalue weighted by atomic mass is 32.1.